The second-order valence-electron chi connectivity index (χ2n) is 8.62. The molecular weight excluding hydrogens is 526 g/mol. The number of alkyl halides is 3. The van der Waals surface area contributed by atoms with Crippen molar-refractivity contribution >= 4 is 34.8 Å². The fourth-order valence-electron chi connectivity index (χ4n) is 4.28. The lowest BCUT2D eigenvalue weighted by Gasteiger charge is -2.43. The van der Waals surface area contributed by atoms with Crippen LogP contribution in [0, 0.1) is 17.1 Å². The zero-order valence-electron chi connectivity index (χ0n) is 20.4. The normalized spacial score (nSPS) is 17.7. The Labute approximate surface area is 222 Å². The molecule has 38 heavy (non-hydrogen) atoms. The van der Waals surface area contributed by atoms with Gasteiger partial charge in [0.1, 0.15) is 23.1 Å². The number of hydrogen-bond donors (Lipinski definition) is 2. The smallest absolute Gasteiger partial charge is 0.390 e. The Morgan fingerprint density at radius 3 is 2.58 bits per heavy atom. The van der Waals surface area contributed by atoms with Crippen molar-refractivity contribution in [1.82, 2.24) is 10.2 Å². The lowest BCUT2D eigenvalue weighted by atomic mass is 9.75. The molecule has 1 aromatic rings. The van der Waals surface area contributed by atoms with Crippen molar-refractivity contribution in [1.29, 1.82) is 5.26 Å². The van der Waals surface area contributed by atoms with Crippen molar-refractivity contribution in [2.45, 2.75) is 37.4 Å². The van der Waals surface area contributed by atoms with Crippen LogP contribution in [0.1, 0.15) is 36.0 Å². The number of carbonyl (C=O) groups excluding carboxylic acids is 2. The summed E-state index contributed by atoms with van der Waals surface area (Å²) in [5, 5.41) is 11.3. The number of rotatable bonds is 9. The molecule has 202 valence electrons. The number of halogens is 4. The Morgan fingerprint density at radius 1 is 1.39 bits per heavy atom. The number of nitrogens with two attached hydrogens (primary N) is 1. The molecule has 1 aromatic carbocycles. The van der Waals surface area contributed by atoms with Gasteiger partial charge in [-0.1, -0.05) is 6.58 Å². The minimum atomic E-state index is -4.99. The molecule has 1 saturated heterocycles. The van der Waals surface area contributed by atoms with Gasteiger partial charge in [0, 0.05) is 25.9 Å². The van der Waals surface area contributed by atoms with E-state index in [2.05, 4.69) is 11.9 Å². The van der Waals surface area contributed by atoms with Crippen LogP contribution >= 0.6 is 12.2 Å². The minimum absolute atomic E-state index is 0.158. The van der Waals surface area contributed by atoms with E-state index in [4.69, 9.17) is 28.0 Å². The van der Waals surface area contributed by atoms with Crippen molar-refractivity contribution in [3.63, 3.8) is 0 Å². The molecular formula is C25H25F4N5O3S. The summed E-state index contributed by atoms with van der Waals surface area (Å²) in [6.45, 7) is 4.20. The average molecular weight is 552 g/mol. The van der Waals surface area contributed by atoms with Crippen molar-refractivity contribution in [2.75, 3.05) is 25.2 Å². The van der Waals surface area contributed by atoms with Gasteiger partial charge in [-0.15, -0.1) is 0 Å². The number of amides is 2. The summed E-state index contributed by atoms with van der Waals surface area (Å²) in [5.41, 5.74) is 1.08. The first-order valence-electron chi connectivity index (χ1n) is 11.5. The van der Waals surface area contributed by atoms with Crippen molar-refractivity contribution in [3.05, 3.63) is 65.3 Å². The van der Waals surface area contributed by atoms with Crippen LogP contribution < -0.4 is 16.0 Å². The van der Waals surface area contributed by atoms with Crippen LogP contribution in [0.4, 0.5) is 23.2 Å². The van der Waals surface area contributed by atoms with E-state index < -0.39 is 40.6 Å². The van der Waals surface area contributed by atoms with Gasteiger partial charge in [-0.3, -0.25) is 14.5 Å². The largest absolute Gasteiger partial charge is 0.419 e. The van der Waals surface area contributed by atoms with Gasteiger partial charge in [-0.05, 0) is 68.3 Å². The quantitative estimate of drug-likeness (QED) is 0.158. The molecule has 2 fully saturated rings. The van der Waals surface area contributed by atoms with Crippen LogP contribution in [0.5, 0.6) is 0 Å². The van der Waals surface area contributed by atoms with Crippen molar-refractivity contribution < 1.29 is 31.9 Å². The molecule has 3 N–H and O–H groups in total. The first kappa shape index (κ1) is 28.8. The molecule has 13 heteroatoms. The monoisotopic (exact) mass is 551 g/mol. The third-order valence-electron chi connectivity index (χ3n) is 6.33. The topological polar surface area (TPSA) is 112 Å². The molecule has 1 heterocycles. The second kappa shape index (κ2) is 11.3. The highest BCUT2D eigenvalue weighted by Crippen LogP contribution is 2.48. The summed E-state index contributed by atoms with van der Waals surface area (Å²) in [6.07, 6.45) is -1.66. The lowest BCUT2D eigenvalue weighted by molar-refractivity contribution is -0.131. The molecule has 2 aliphatic rings. The van der Waals surface area contributed by atoms with E-state index >= 15 is 4.39 Å². The molecule has 3 rings (SSSR count). The highest BCUT2D eigenvalue weighted by Gasteiger charge is 2.60. The number of benzene rings is 1. The van der Waals surface area contributed by atoms with E-state index in [-0.39, 0.29) is 28.6 Å². The maximum Gasteiger partial charge on any atom is 0.419 e. The number of nitriles is 1. The fourth-order valence-corrected chi connectivity index (χ4v) is 4.75. The number of ether oxygens (including phenoxy) is 1. The molecule has 1 saturated carbocycles. The van der Waals surface area contributed by atoms with Gasteiger partial charge in [-0.25, -0.2) is 4.39 Å². The van der Waals surface area contributed by atoms with E-state index in [0.717, 1.165) is 17.0 Å². The van der Waals surface area contributed by atoms with E-state index in [1.165, 1.54) is 30.2 Å². The van der Waals surface area contributed by atoms with Crippen LogP contribution in [0.2, 0.25) is 0 Å². The molecule has 0 unspecified atom stereocenters. The Balaban J connectivity index is 2.00. The average Bonchev–Trinajstić information content (AvgIpc) is 3.08. The predicted octanol–water partition coefficient (Wildman–Crippen LogP) is 3.82. The van der Waals surface area contributed by atoms with Crippen molar-refractivity contribution in [2.24, 2.45) is 5.73 Å². The van der Waals surface area contributed by atoms with Gasteiger partial charge in [0.05, 0.1) is 16.8 Å². The molecule has 0 aromatic heterocycles. The highest BCUT2D eigenvalue weighted by molar-refractivity contribution is 7.80. The molecule has 8 nitrogen and oxygen atoms in total. The Kier molecular flexibility index (Phi) is 8.58. The summed E-state index contributed by atoms with van der Waals surface area (Å²) < 4.78 is 60.7. The number of methoxy groups -OCH3 is 1. The third-order valence-corrected chi connectivity index (χ3v) is 6.70. The molecule has 0 radical (unpaired) electrons. The Morgan fingerprint density at radius 2 is 2.08 bits per heavy atom. The Bertz CT molecular complexity index is 1260. The molecule has 0 atom stereocenters. The first-order valence-corrected chi connectivity index (χ1v) is 11.9. The molecule has 1 aliphatic carbocycles. The number of carbonyl (C=O) groups is 2. The zero-order valence-corrected chi connectivity index (χ0v) is 21.2. The summed E-state index contributed by atoms with van der Waals surface area (Å²) in [7, 11) is 1.52. The first-order chi connectivity index (χ1) is 17.9. The highest BCUT2D eigenvalue weighted by atomic mass is 32.1. The number of thiocarbonyl (C=S) groups is 1. The van der Waals surface area contributed by atoms with Crippen LogP contribution in [0.3, 0.4) is 0 Å². The van der Waals surface area contributed by atoms with Crippen LogP contribution in [0.15, 0.2) is 53.9 Å². The van der Waals surface area contributed by atoms with Crippen molar-refractivity contribution in [3.8, 4) is 6.07 Å². The predicted molar refractivity (Wildman–Crippen MR) is 135 cm³/mol. The van der Waals surface area contributed by atoms with Gasteiger partial charge >= 0.3 is 6.18 Å². The molecule has 1 aliphatic heterocycles. The van der Waals surface area contributed by atoms with E-state index in [1.54, 1.807) is 0 Å². The summed E-state index contributed by atoms with van der Waals surface area (Å²) in [5.74, 6) is -2.11. The number of nitrogens with zero attached hydrogens (tertiary/aromatic N) is 3. The van der Waals surface area contributed by atoms with Gasteiger partial charge in [-0.2, -0.15) is 18.4 Å². The second-order valence-corrected chi connectivity index (χ2v) is 8.99. The lowest BCUT2D eigenvalue weighted by Crippen LogP contribution is -2.55. The number of anilines is 1. The zero-order chi connectivity index (χ0) is 28.3. The van der Waals surface area contributed by atoms with E-state index in [1.807, 2.05) is 0 Å². The van der Waals surface area contributed by atoms with Crippen LogP contribution in [-0.4, -0.2) is 53.8 Å². The van der Waals surface area contributed by atoms with Crippen LogP contribution in [-0.2, 0) is 9.53 Å². The summed E-state index contributed by atoms with van der Waals surface area (Å²) >= 11 is 5.50. The number of allylic oxidation sites excluding steroid dienone is 4. The Hall–Kier alpha value is -3.76. The minimum Gasteiger partial charge on any atom is -0.390 e. The van der Waals surface area contributed by atoms with E-state index in [0.29, 0.717) is 38.4 Å². The SMILES string of the molecule is C=C/C(=C\C(=C(/N)C#N)C(F)(F)F)N1C(=O)C2(CCC2)N(c2ccc(C(=O)NCCCOC)c(F)c2)C1=S. The molecule has 0 bridgehead atoms. The number of hydrogen-bond acceptors (Lipinski definition) is 6. The third kappa shape index (κ3) is 5.27. The summed E-state index contributed by atoms with van der Waals surface area (Å²) in [4.78, 5) is 28.2. The fraction of sp³-hybridized carbons (Fsp3) is 0.360. The standard InChI is InChI=1S/C25H25F4N5O3S/c1-3-15(12-18(20(31)14-30)25(27,28)29)33-22(36)24(8-4-9-24)34(23(33)38)16-6-7-17(19(26)13-16)21(35)32-10-5-11-37-2/h3,6-7,12-13H,1,4-5,8-11,31H2,2H3,(H,32,35)/b15-12+,20-18+. The molecule has 2 amide bonds. The van der Waals surface area contributed by atoms with E-state index in [9.17, 15) is 22.8 Å². The van der Waals surface area contributed by atoms with Gasteiger partial charge < -0.3 is 20.7 Å². The van der Waals surface area contributed by atoms with Gasteiger partial charge in [0.15, 0.2) is 5.11 Å². The summed E-state index contributed by atoms with van der Waals surface area (Å²) in [6, 6.07) is 4.98. The van der Waals surface area contributed by atoms with Gasteiger partial charge in [0.2, 0.25) is 0 Å². The maximum atomic E-state index is 15.0. The maximum absolute atomic E-state index is 15.0. The van der Waals surface area contributed by atoms with Gasteiger partial charge in [0.25, 0.3) is 11.8 Å². The number of nitrogens with one attached hydrogen (secondary N) is 1. The molecule has 1 spiro atoms. The van der Waals surface area contributed by atoms with Crippen LogP contribution in [0.25, 0.3) is 0 Å².